The number of pyridine rings is 1. The second-order valence-electron chi connectivity index (χ2n) is 10.9. The molecule has 4 rings (SSSR count). The van der Waals surface area contributed by atoms with Crippen LogP contribution in [0.4, 0.5) is 18.9 Å². The minimum Gasteiger partial charge on any atom is -0.459 e. The normalized spacial score (nSPS) is 18.3. The third-order valence-electron chi connectivity index (χ3n) is 7.51. The van der Waals surface area contributed by atoms with Gasteiger partial charge >= 0.3 is 12.1 Å². The summed E-state index contributed by atoms with van der Waals surface area (Å²) >= 11 is 0. The van der Waals surface area contributed by atoms with Crippen LogP contribution in [-0.4, -0.2) is 52.1 Å². The molecule has 0 bridgehead atoms. The Labute approximate surface area is 255 Å². The number of esters is 1. The molecule has 2 aliphatic rings. The fourth-order valence-corrected chi connectivity index (χ4v) is 5.21. The zero-order valence-corrected chi connectivity index (χ0v) is 24.3. The molecule has 0 radical (unpaired) electrons. The first kappa shape index (κ1) is 33.0. The highest BCUT2D eigenvalue weighted by Gasteiger charge is 2.35. The van der Waals surface area contributed by atoms with E-state index in [2.05, 4.69) is 27.0 Å². The molecule has 1 saturated heterocycles. The maximum Gasteiger partial charge on any atom is 0.417 e. The number of aromatic nitrogens is 2. The van der Waals surface area contributed by atoms with Crippen LogP contribution in [0.2, 0.25) is 0 Å². The Bertz CT molecular complexity index is 1570. The molecule has 2 fully saturated rings. The predicted octanol–water partition coefficient (Wildman–Crippen LogP) is 3.03. The van der Waals surface area contributed by atoms with Gasteiger partial charge in [0.05, 0.1) is 5.56 Å². The van der Waals surface area contributed by atoms with E-state index >= 15 is 0 Å². The van der Waals surface area contributed by atoms with Gasteiger partial charge in [-0.3, -0.25) is 23.7 Å². The topological polar surface area (TPSA) is 162 Å². The number of terminal acetylenes is 1. The van der Waals surface area contributed by atoms with Crippen molar-refractivity contribution in [2.24, 2.45) is 5.92 Å². The van der Waals surface area contributed by atoms with Crippen molar-refractivity contribution in [3.63, 3.8) is 0 Å². The lowest BCUT2D eigenvalue weighted by molar-refractivity contribution is -0.142. The van der Waals surface area contributed by atoms with Crippen molar-refractivity contribution in [3.05, 3.63) is 57.9 Å². The van der Waals surface area contributed by atoms with E-state index in [1.54, 1.807) is 0 Å². The fourth-order valence-electron chi connectivity index (χ4n) is 5.21. The van der Waals surface area contributed by atoms with Crippen LogP contribution in [0.25, 0.3) is 0 Å². The minimum atomic E-state index is -4.97. The van der Waals surface area contributed by atoms with Gasteiger partial charge < -0.3 is 25.2 Å². The van der Waals surface area contributed by atoms with E-state index in [-0.39, 0.29) is 29.9 Å². The summed E-state index contributed by atoms with van der Waals surface area (Å²) in [4.78, 5) is 64.3. The number of rotatable bonds is 11. The van der Waals surface area contributed by atoms with Crippen LogP contribution in [0.15, 0.2) is 39.8 Å². The van der Waals surface area contributed by atoms with Crippen LogP contribution in [-0.2, 0) is 25.3 Å². The van der Waals surface area contributed by atoms with E-state index in [1.807, 2.05) is 0 Å². The van der Waals surface area contributed by atoms with Gasteiger partial charge in [0.2, 0.25) is 11.8 Å². The van der Waals surface area contributed by atoms with Crippen LogP contribution >= 0.6 is 0 Å². The molecule has 2 aromatic heterocycles. The largest absolute Gasteiger partial charge is 0.459 e. The molecule has 45 heavy (non-hydrogen) atoms. The Morgan fingerprint density at radius 2 is 1.98 bits per heavy atom. The zero-order valence-electron chi connectivity index (χ0n) is 24.3. The molecule has 1 saturated carbocycles. The molecule has 3 atom stereocenters. The lowest BCUT2D eigenvalue weighted by Crippen LogP contribution is -2.43. The first-order chi connectivity index (χ1) is 21.3. The number of halogens is 3. The second kappa shape index (κ2) is 14.3. The van der Waals surface area contributed by atoms with Gasteiger partial charge in [-0.1, -0.05) is 11.2 Å². The number of amides is 3. The molecule has 0 aromatic carbocycles. The van der Waals surface area contributed by atoms with Crippen molar-refractivity contribution >= 4 is 29.4 Å². The number of nitrogens with one attached hydrogen (secondary N) is 3. The number of anilines is 1. The highest BCUT2D eigenvalue weighted by molar-refractivity contribution is 6.02. The minimum absolute atomic E-state index is 0.0590. The van der Waals surface area contributed by atoms with Gasteiger partial charge in [-0.2, -0.15) is 13.2 Å². The molecule has 12 nitrogen and oxygen atoms in total. The van der Waals surface area contributed by atoms with Crippen molar-refractivity contribution in [1.29, 1.82) is 0 Å². The third-order valence-corrected chi connectivity index (χ3v) is 7.51. The molecule has 240 valence electrons. The maximum atomic E-state index is 13.9. The number of carbonyl (C=O) groups excluding carboxylic acids is 4. The molecule has 15 heteroatoms. The molecule has 0 unspecified atom stereocenters. The summed E-state index contributed by atoms with van der Waals surface area (Å²) in [5, 5.41) is 10.9. The quantitative estimate of drug-likeness (QED) is 0.194. The third kappa shape index (κ3) is 8.62. The SMILES string of the molecule is C#CC[C@@H](C(=O)N[C@H](/C=C/C(=O)OC1CCCC1)C[C@@H]1CCNC1=O)n1cc(C(F)(F)F)cc(NC(=O)c2cc(C)on2)c1=O. The van der Waals surface area contributed by atoms with Crippen LogP contribution < -0.4 is 21.5 Å². The lowest BCUT2D eigenvalue weighted by atomic mass is 9.97. The molecule has 1 aliphatic heterocycles. The van der Waals surface area contributed by atoms with E-state index in [4.69, 9.17) is 15.7 Å². The number of hydrogen-bond acceptors (Lipinski definition) is 8. The Hall–Kier alpha value is -4.87. The number of carbonyl (C=O) groups is 4. The van der Waals surface area contributed by atoms with Gasteiger partial charge in [-0.15, -0.1) is 12.3 Å². The predicted molar refractivity (Wildman–Crippen MR) is 153 cm³/mol. The Balaban J connectivity index is 1.63. The van der Waals surface area contributed by atoms with Crippen molar-refractivity contribution in [2.75, 3.05) is 11.9 Å². The Morgan fingerprint density at radius 3 is 2.58 bits per heavy atom. The summed E-state index contributed by atoms with van der Waals surface area (Å²) in [5.41, 5.74) is -3.54. The monoisotopic (exact) mass is 631 g/mol. The van der Waals surface area contributed by atoms with Crippen LogP contribution in [0.5, 0.6) is 0 Å². The number of hydrogen-bond donors (Lipinski definition) is 3. The summed E-state index contributed by atoms with van der Waals surface area (Å²) in [6, 6.07) is -0.945. The number of alkyl halides is 3. The van der Waals surface area contributed by atoms with E-state index in [0.29, 0.717) is 29.8 Å². The highest BCUT2D eigenvalue weighted by Crippen LogP contribution is 2.31. The van der Waals surface area contributed by atoms with Gasteiger partial charge in [0.15, 0.2) is 5.69 Å². The zero-order chi connectivity index (χ0) is 32.7. The summed E-state index contributed by atoms with van der Waals surface area (Å²) < 4.78 is 52.4. The van der Waals surface area contributed by atoms with Gasteiger partial charge in [-0.05, 0) is 51.5 Å². The average molecular weight is 632 g/mol. The molecule has 0 spiro atoms. The first-order valence-corrected chi connectivity index (χ1v) is 14.3. The summed E-state index contributed by atoms with van der Waals surface area (Å²) in [7, 11) is 0. The second-order valence-corrected chi connectivity index (χ2v) is 10.9. The number of ether oxygens (including phenoxy) is 1. The first-order valence-electron chi connectivity index (χ1n) is 14.3. The lowest BCUT2D eigenvalue weighted by Gasteiger charge is -2.24. The van der Waals surface area contributed by atoms with E-state index in [1.165, 1.54) is 19.1 Å². The summed E-state index contributed by atoms with van der Waals surface area (Å²) in [6.07, 6.45) is 6.53. The standard InChI is InChI=1S/C30H32F3N5O7/c1-3-6-24(38-16-19(30(31,32)33)15-23(29(38)43)36-27(41)22-13-17(2)45-37-22)28(42)35-20(14-18-11-12-34-26(18)40)9-10-25(39)44-21-7-4-5-8-21/h1,9-10,13,15-16,18,20-21,24H,4-8,11-12,14H2,2H3,(H,34,40)(H,35,42)(H,36,41)/b10-9+/t18-,20+,24-/m0/s1. The molecular formula is C30H32F3N5O7. The van der Waals surface area contributed by atoms with Crippen molar-refractivity contribution in [1.82, 2.24) is 20.4 Å². The fraction of sp³-hybridized carbons (Fsp3) is 0.467. The van der Waals surface area contributed by atoms with Crippen LogP contribution in [0, 0.1) is 25.2 Å². The van der Waals surface area contributed by atoms with Gasteiger partial charge in [-0.25, -0.2) is 4.79 Å². The van der Waals surface area contributed by atoms with Gasteiger partial charge in [0.25, 0.3) is 11.5 Å². The molecular weight excluding hydrogens is 599 g/mol. The van der Waals surface area contributed by atoms with E-state index in [9.17, 15) is 37.1 Å². The average Bonchev–Trinajstić information content (AvgIpc) is 3.74. The highest BCUT2D eigenvalue weighted by atomic mass is 19.4. The van der Waals surface area contributed by atoms with Crippen molar-refractivity contribution < 1.29 is 41.6 Å². The van der Waals surface area contributed by atoms with Crippen LogP contribution in [0.1, 0.15) is 72.8 Å². The maximum absolute atomic E-state index is 13.9. The number of aryl methyl sites for hydroxylation is 1. The smallest absolute Gasteiger partial charge is 0.417 e. The Morgan fingerprint density at radius 1 is 1.24 bits per heavy atom. The van der Waals surface area contributed by atoms with Crippen molar-refractivity contribution in [2.45, 2.75) is 76.2 Å². The van der Waals surface area contributed by atoms with Crippen LogP contribution in [0.3, 0.4) is 0 Å². The van der Waals surface area contributed by atoms with E-state index in [0.717, 1.165) is 31.8 Å². The van der Waals surface area contributed by atoms with Gasteiger partial charge in [0.1, 0.15) is 23.6 Å². The Kier molecular flexibility index (Phi) is 10.5. The number of nitrogens with zero attached hydrogens (tertiary/aromatic N) is 2. The van der Waals surface area contributed by atoms with Gasteiger partial charge in [0, 0.05) is 43.3 Å². The summed E-state index contributed by atoms with van der Waals surface area (Å²) in [6.45, 7) is 1.91. The van der Waals surface area contributed by atoms with Crippen molar-refractivity contribution in [3.8, 4) is 12.3 Å². The molecule has 3 N–H and O–H groups in total. The molecule has 3 heterocycles. The molecule has 3 amide bonds. The van der Waals surface area contributed by atoms with E-state index < -0.39 is 65.2 Å². The molecule has 2 aromatic rings. The summed E-state index contributed by atoms with van der Waals surface area (Å²) in [5.74, 6) is -0.938. The molecule has 1 aliphatic carbocycles.